The van der Waals surface area contributed by atoms with Crippen molar-refractivity contribution < 1.29 is 9.47 Å². The van der Waals surface area contributed by atoms with Crippen molar-refractivity contribution in [2.75, 3.05) is 20.0 Å². The number of hydrogen-bond acceptors (Lipinski definition) is 4. The number of nitrogens with zero attached hydrogens (tertiary/aromatic N) is 1. The zero-order valence-electron chi connectivity index (χ0n) is 13.8. The highest BCUT2D eigenvalue weighted by molar-refractivity contribution is 5.96. The SMILES string of the molecule is COc1cc2cc(-c3c(C)cccc3C)nc(N)c2cc1OC. The van der Waals surface area contributed by atoms with Crippen LogP contribution >= 0.6 is 0 Å². The van der Waals surface area contributed by atoms with Crippen molar-refractivity contribution in [2.24, 2.45) is 0 Å². The molecule has 0 spiro atoms. The minimum atomic E-state index is 0.487. The second kappa shape index (κ2) is 5.80. The molecule has 3 aromatic rings. The minimum Gasteiger partial charge on any atom is -0.493 e. The van der Waals surface area contributed by atoms with Gasteiger partial charge < -0.3 is 15.2 Å². The maximum absolute atomic E-state index is 6.20. The van der Waals surface area contributed by atoms with E-state index in [1.165, 1.54) is 11.1 Å². The summed E-state index contributed by atoms with van der Waals surface area (Å²) >= 11 is 0. The van der Waals surface area contributed by atoms with Crippen LogP contribution < -0.4 is 15.2 Å². The molecular weight excluding hydrogens is 288 g/mol. The normalized spacial score (nSPS) is 10.8. The van der Waals surface area contributed by atoms with Crippen molar-refractivity contribution >= 4 is 16.6 Å². The third kappa shape index (κ3) is 2.57. The molecule has 4 heteroatoms. The molecule has 23 heavy (non-hydrogen) atoms. The van der Waals surface area contributed by atoms with Crippen LogP contribution in [0.4, 0.5) is 5.82 Å². The highest BCUT2D eigenvalue weighted by Crippen LogP contribution is 2.36. The monoisotopic (exact) mass is 308 g/mol. The molecule has 0 aliphatic rings. The molecule has 0 saturated carbocycles. The van der Waals surface area contributed by atoms with Gasteiger partial charge in [-0.15, -0.1) is 0 Å². The van der Waals surface area contributed by atoms with Crippen molar-refractivity contribution in [2.45, 2.75) is 13.8 Å². The Morgan fingerprint density at radius 1 is 0.913 bits per heavy atom. The molecule has 0 atom stereocenters. The minimum absolute atomic E-state index is 0.487. The smallest absolute Gasteiger partial charge is 0.161 e. The molecular formula is C19H20N2O2. The summed E-state index contributed by atoms with van der Waals surface area (Å²) in [6.07, 6.45) is 0. The van der Waals surface area contributed by atoms with E-state index in [-0.39, 0.29) is 0 Å². The molecule has 2 N–H and O–H groups in total. The number of aromatic nitrogens is 1. The van der Waals surface area contributed by atoms with Crippen LogP contribution in [0.1, 0.15) is 11.1 Å². The molecule has 118 valence electrons. The predicted octanol–water partition coefficient (Wildman–Crippen LogP) is 4.12. The Kier molecular flexibility index (Phi) is 3.82. The lowest BCUT2D eigenvalue weighted by atomic mass is 9.98. The quantitative estimate of drug-likeness (QED) is 0.791. The van der Waals surface area contributed by atoms with Crippen molar-refractivity contribution in [1.29, 1.82) is 0 Å². The largest absolute Gasteiger partial charge is 0.493 e. The fraction of sp³-hybridized carbons (Fsp3) is 0.211. The second-order valence-corrected chi connectivity index (χ2v) is 5.59. The second-order valence-electron chi connectivity index (χ2n) is 5.59. The lowest BCUT2D eigenvalue weighted by Crippen LogP contribution is -1.98. The Labute approximate surface area is 135 Å². The number of methoxy groups -OCH3 is 2. The van der Waals surface area contributed by atoms with Gasteiger partial charge in [0.2, 0.25) is 0 Å². The molecule has 4 nitrogen and oxygen atoms in total. The number of nitrogens with two attached hydrogens (primary N) is 1. The van der Waals surface area contributed by atoms with Crippen LogP contribution in [-0.4, -0.2) is 19.2 Å². The fourth-order valence-corrected chi connectivity index (χ4v) is 2.95. The molecule has 0 bridgehead atoms. The van der Waals surface area contributed by atoms with Crippen molar-refractivity contribution in [3.63, 3.8) is 0 Å². The van der Waals surface area contributed by atoms with Gasteiger partial charge in [-0.1, -0.05) is 18.2 Å². The van der Waals surface area contributed by atoms with Crippen LogP contribution in [0, 0.1) is 13.8 Å². The highest BCUT2D eigenvalue weighted by Gasteiger charge is 2.13. The lowest BCUT2D eigenvalue weighted by molar-refractivity contribution is 0.356. The van der Waals surface area contributed by atoms with E-state index in [2.05, 4.69) is 31.0 Å². The molecule has 0 radical (unpaired) electrons. The van der Waals surface area contributed by atoms with Crippen LogP contribution in [0.5, 0.6) is 11.5 Å². The van der Waals surface area contributed by atoms with Gasteiger partial charge in [0.05, 0.1) is 19.9 Å². The zero-order valence-corrected chi connectivity index (χ0v) is 13.8. The number of nitrogen functional groups attached to an aromatic ring is 1. The van der Waals surface area contributed by atoms with Gasteiger partial charge in [0, 0.05) is 10.9 Å². The first-order valence-corrected chi connectivity index (χ1v) is 7.44. The van der Waals surface area contributed by atoms with E-state index in [0.29, 0.717) is 17.3 Å². The fourth-order valence-electron chi connectivity index (χ4n) is 2.95. The highest BCUT2D eigenvalue weighted by atomic mass is 16.5. The number of ether oxygens (including phenoxy) is 2. The molecule has 0 amide bonds. The summed E-state index contributed by atoms with van der Waals surface area (Å²) in [5, 5.41) is 1.84. The molecule has 2 aromatic carbocycles. The summed E-state index contributed by atoms with van der Waals surface area (Å²) in [6.45, 7) is 4.16. The van der Waals surface area contributed by atoms with Crippen LogP contribution in [0.15, 0.2) is 36.4 Å². The van der Waals surface area contributed by atoms with Crippen molar-refractivity contribution in [1.82, 2.24) is 4.98 Å². The van der Waals surface area contributed by atoms with Gasteiger partial charge in [0.25, 0.3) is 0 Å². The summed E-state index contributed by atoms with van der Waals surface area (Å²) in [7, 11) is 3.24. The lowest BCUT2D eigenvalue weighted by Gasteiger charge is -2.14. The van der Waals surface area contributed by atoms with E-state index < -0.39 is 0 Å². The Hall–Kier alpha value is -2.75. The van der Waals surface area contributed by atoms with E-state index in [1.807, 2.05) is 24.3 Å². The Morgan fingerprint density at radius 2 is 1.52 bits per heavy atom. The number of benzene rings is 2. The first-order chi connectivity index (χ1) is 11.0. The number of anilines is 1. The molecule has 0 aliphatic carbocycles. The molecule has 1 aromatic heterocycles. The predicted molar refractivity (Wildman–Crippen MR) is 94.2 cm³/mol. The number of pyridine rings is 1. The molecule has 1 heterocycles. The van der Waals surface area contributed by atoms with Gasteiger partial charge >= 0.3 is 0 Å². The third-order valence-corrected chi connectivity index (χ3v) is 4.10. The van der Waals surface area contributed by atoms with Gasteiger partial charge in [0.1, 0.15) is 5.82 Å². The van der Waals surface area contributed by atoms with Gasteiger partial charge in [-0.3, -0.25) is 0 Å². The van der Waals surface area contributed by atoms with E-state index in [1.54, 1.807) is 14.2 Å². The maximum Gasteiger partial charge on any atom is 0.161 e. The summed E-state index contributed by atoms with van der Waals surface area (Å²) in [4.78, 5) is 4.61. The summed E-state index contributed by atoms with van der Waals surface area (Å²) in [5.74, 6) is 1.81. The zero-order chi connectivity index (χ0) is 16.6. The Morgan fingerprint density at radius 3 is 2.13 bits per heavy atom. The van der Waals surface area contributed by atoms with Crippen LogP contribution in [0.3, 0.4) is 0 Å². The first kappa shape index (κ1) is 15.2. The Balaban J connectivity index is 2.29. The number of fused-ring (bicyclic) bond motifs is 1. The number of aryl methyl sites for hydroxylation is 2. The number of hydrogen-bond donors (Lipinski definition) is 1. The first-order valence-electron chi connectivity index (χ1n) is 7.44. The van der Waals surface area contributed by atoms with E-state index >= 15 is 0 Å². The summed E-state index contributed by atoms with van der Waals surface area (Å²) in [6, 6.07) is 12.1. The van der Waals surface area contributed by atoms with Gasteiger partial charge in [0.15, 0.2) is 11.5 Å². The topological polar surface area (TPSA) is 57.4 Å². The van der Waals surface area contributed by atoms with Crippen molar-refractivity contribution in [3.05, 3.63) is 47.5 Å². The molecule has 0 unspecified atom stereocenters. The van der Waals surface area contributed by atoms with Gasteiger partial charge in [-0.2, -0.15) is 0 Å². The summed E-state index contributed by atoms with van der Waals surface area (Å²) < 4.78 is 10.7. The van der Waals surface area contributed by atoms with Gasteiger partial charge in [-0.05, 0) is 48.6 Å². The molecule has 0 aliphatic heterocycles. The van der Waals surface area contributed by atoms with Crippen LogP contribution in [0.25, 0.3) is 22.0 Å². The average molecular weight is 308 g/mol. The van der Waals surface area contributed by atoms with E-state index in [0.717, 1.165) is 22.0 Å². The Bertz CT molecular complexity index is 868. The van der Waals surface area contributed by atoms with Crippen LogP contribution in [0.2, 0.25) is 0 Å². The molecule has 3 rings (SSSR count). The average Bonchev–Trinajstić information content (AvgIpc) is 2.53. The molecule has 0 saturated heterocycles. The standard InChI is InChI=1S/C19H20N2O2/c1-11-6-5-7-12(2)18(11)15-8-13-9-16(22-3)17(23-4)10-14(13)19(20)21-15/h5-10H,1-4H3,(H2,20,21). The van der Waals surface area contributed by atoms with Crippen molar-refractivity contribution in [3.8, 4) is 22.8 Å². The van der Waals surface area contributed by atoms with Crippen LogP contribution in [-0.2, 0) is 0 Å². The maximum atomic E-state index is 6.20. The third-order valence-electron chi connectivity index (χ3n) is 4.10. The van der Waals surface area contributed by atoms with E-state index in [9.17, 15) is 0 Å². The van der Waals surface area contributed by atoms with E-state index in [4.69, 9.17) is 15.2 Å². The summed E-state index contributed by atoms with van der Waals surface area (Å²) in [5.41, 5.74) is 10.6. The molecule has 0 fully saturated rings. The number of rotatable bonds is 3. The van der Waals surface area contributed by atoms with Gasteiger partial charge in [-0.25, -0.2) is 4.98 Å².